The number of hydrogen-bond donors (Lipinski definition) is 1. The number of carboxylic acid groups (broad SMARTS) is 1. The molecule has 0 radical (unpaired) electrons. The van der Waals surface area contributed by atoms with Crippen molar-refractivity contribution in [3.8, 4) is 0 Å². The van der Waals surface area contributed by atoms with E-state index in [1.54, 1.807) is 0 Å². The zero-order chi connectivity index (χ0) is 31.1. The third-order valence-electron chi connectivity index (χ3n) is 7.96. The molecule has 1 spiro atoms. The van der Waals surface area contributed by atoms with E-state index in [0.717, 1.165) is 17.0 Å². The number of anilines is 1. The van der Waals surface area contributed by atoms with Crippen LogP contribution in [0.2, 0.25) is 0 Å². The Bertz CT molecular complexity index is 1140. The Labute approximate surface area is 233 Å². The summed E-state index contributed by atoms with van der Waals surface area (Å²) in [5, 5.41) is 9.35. The van der Waals surface area contributed by atoms with Gasteiger partial charge in [0.05, 0.1) is 18.7 Å². The first kappa shape index (κ1) is 32.0. The maximum atomic E-state index is 13.6. The van der Waals surface area contributed by atoms with Crippen LogP contribution < -0.4 is 4.90 Å². The number of carboxylic acids is 1. The van der Waals surface area contributed by atoms with E-state index in [0.29, 0.717) is 24.9 Å². The van der Waals surface area contributed by atoms with E-state index in [9.17, 15) is 54.2 Å². The van der Waals surface area contributed by atoms with E-state index in [-0.39, 0.29) is 57.9 Å². The summed E-state index contributed by atoms with van der Waals surface area (Å²) in [6, 6.07) is 3.20. The highest BCUT2D eigenvalue weighted by molar-refractivity contribution is 5.74. The molecule has 8 nitrogen and oxygen atoms in total. The number of aliphatic carboxylic acids is 1. The highest BCUT2D eigenvalue weighted by atomic mass is 19.4. The van der Waals surface area contributed by atoms with Gasteiger partial charge in [0.2, 0.25) is 0 Å². The molecule has 3 aliphatic heterocycles. The SMILES string of the molecule is O=C(O)C1CN(c2cc(C(F)(F)F)ccc2CN2CCCC23CCN(C(=O)OC(C(F)(F)F)C(F)(F)F)CC3)CCO1. The highest BCUT2D eigenvalue weighted by Crippen LogP contribution is 2.42. The summed E-state index contributed by atoms with van der Waals surface area (Å²) >= 11 is 0. The van der Waals surface area contributed by atoms with Crippen LogP contribution in [-0.4, -0.2) is 96.4 Å². The molecule has 1 N–H and O–H groups in total. The normalized spacial score (nSPS) is 22.2. The molecule has 1 aromatic carbocycles. The largest absolute Gasteiger partial charge is 0.479 e. The number of alkyl halides is 9. The Morgan fingerprint density at radius 1 is 0.976 bits per heavy atom. The number of ether oxygens (including phenoxy) is 2. The Kier molecular flexibility index (Phi) is 8.84. The molecular weight excluding hydrogens is 593 g/mol. The van der Waals surface area contributed by atoms with Crippen molar-refractivity contribution < 1.29 is 63.7 Å². The summed E-state index contributed by atoms with van der Waals surface area (Å²) in [6.07, 6.45) is -21.9. The van der Waals surface area contributed by atoms with Gasteiger partial charge in [0.25, 0.3) is 6.10 Å². The van der Waals surface area contributed by atoms with Gasteiger partial charge in [0.1, 0.15) is 0 Å². The predicted molar refractivity (Wildman–Crippen MR) is 127 cm³/mol. The number of likely N-dealkylation sites (tertiary alicyclic amines) is 2. The fourth-order valence-electron chi connectivity index (χ4n) is 5.80. The van der Waals surface area contributed by atoms with Gasteiger partial charge in [-0.2, -0.15) is 39.5 Å². The smallest absolute Gasteiger partial charge is 0.434 e. The zero-order valence-electron chi connectivity index (χ0n) is 22.0. The lowest BCUT2D eigenvalue weighted by atomic mass is 9.84. The Hall–Kier alpha value is -2.95. The summed E-state index contributed by atoms with van der Waals surface area (Å²) < 4.78 is 127. The quantitative estimate of drug-likeness (QED) is 0.461. The summed E-state index contributed by atoms with van der Waals surface area (Å²) in [4.78, 5) is 28.0. The van der Waals surface area contributed by atoms with Gasteiger partial charge >= 0.3 is 30.6 Å². The van der Waals surface area contributed by atoms with E-state index >= 15 is 0 Å². The maximum Gasteiger partial charge on any atom is 0.434 e. The third kappa shape index (κ3) is 6.98. The fourth-order valence-corrected chi connectivity index (χ4v) is 5.80. The Morgan fingerprint density at radius 2 is 1.62 bits per heavy atom. The van der Waals surface area contributed by atoms with E-state index in [4.69, 9.17) is 4.74 Å². The summed E-state index contributed by atoms with van der Waals surface area (Å²) in [6.45, 7) is 0.256. The molecule has 3 heterocycles. The van der Waals surface area contributed by atoms with Gasteiger partial charge in [0, 0.05) is 37.4 Å². The van der Waals surface area contributed by atoms with E-state index in [1.807, 2.05) is 4.90 Å². The summed E-state index contributed by atoms with van der Waals surface area (Å²) in [5.74, 6) is -1.26. The van der Waals surface area contributed by atoms with Crippen LogP contribution in [0, 0.1) is 0 Å². The van der Waals surface area contributed by atoms with Crippen LogP contribution in [0.15, 0.2) is 18.2 Å². The van der Waals surface area contributed by atoms with Gasteiger partial charge in [-0.3, -0.25) is 4.90 Å². The number of morpholine rings is 1. The van der Waals surface area contributed by atoms with Crippen molar-refractivity contribution in [1.82, 2.24) is 9.80 Å². The van der Waals surface area contributed by atoms with E-state index in [1.165, 1.54) is 11.0 Å². The van der Waals surface area contributed by atoms with E-state index < -0.39 is 53.9 Å². The van der Waals surface area contributed by atoms with Crippen molar-refractivity contribution in [2.24, 2.45) is 0 Å². The number of hydrogen-bond acceptors (Lipinski definition) is 6. The van der Waals surface area contributed by atoms with Gasteiger partial charge < -0.3 is 24.4 Å². The van der Waals surface area contributed by atoms with Crippen LogP contribution in [0.5, 0.6) is 0 Å². The molecule has 236 valence electrons. The molecular formula is C25H28F9N3O5. The van der Waals surface area contributed by atoms with Crippen LogP contribution in [0.3, 0.4) is 0 Å². The van der Waals surface area contributed by atoms with Crippen LogP contribution in [0.25, 0.3) is 0 Å². The van der Waals surface area contributed by atoms with Crippen molar-refractivity contribution in [3.05, 3.63) is 29.3 Å². The molecule has 3 fully saturated rings. The average Bonchev–Trinajstić information content (AvgIpc) is 3.26. The molecule has 0 bridgehead atoms. The summed E-state index contributed by atoms with van der Waals surface area (Å²) in [7, 11) is 0. The van der Waals surface area contributed by atoms with Crippen LogP contribution >= 0.6 is 0 Å². The van der Waals surface area contributed by atoms with Crippen LogP contribution in [-0.2, 0) is 27.0 Å². The number of nitrogens with zero attached hydrogens (tertiary/aromatic N) is 3. The second-order valence-electron chi connectivity index (χ2n) is 10.6. The van der Waals surface area contributed by atoms with Crippen LogP contribution in [0.4, 0.5) is 50.0 Å². The number of amides is 1. The lowest BCUT2D eigenvalue weighted by Crippen LogP contribution is -2.54. The Balaban J connectivity index is 1.50. The first-order valence-electron chi connectivity index (χ1n) is 13.0. The lowest BCUT2D eigenvalue weighted by Gasteiger charge is -2.45. The number of benzene rings is 1. The minimum absolute atomic E-state index is 0.0181. The number of piperidine rings is 1. The van der Waals surface area contributed by atoms with Crippen molar-refractivity contribution >= 4 is 17.7 Å². The maximum absolute atomic E-state index is 13.6. The van der Waals surface area contributed by atoms with Crippen LogP contribution in [0.1, 0.15) is 36.8 Å². The second kappa shape index (κ2) is 11.6. The number of halogens is 9. The van der Waals surface area contributed by atoms with Gasteiger partial charge in [-0.05, 0) is 49.9 Å². The molecule has 0 aromatic heterocycles. The topological polar surface area (TPSA) is 82.6 Å². The van der Waals surface area contributed by atoms with Gasteiger partial charge in [0.15, 0.2) is 6.10 Å². The molecule has 0 aliphatic carbocycles. The van der Waals surface area contributed by atoms with E-state index in [2.05, 4.69) is 4.74 Å². The highest BCUT2D eigenvalue weighted by Gasteiger charge is 2.60. The molecule has 4 rings (SSSR count). The number of carbonyl (C=O) groups is 2. The van der Waals surface area contributed by atoms with Gasteiger partial charge in [-0.25, -0.2) is 9.59 Å². The third-order valence-corrected chi connectivity index (χ3v) is 7.96. The molecule has 1 atom stereocenters. The zero-order valence-corrected chi connectivity index (χ0v) is 22.0. The molecule has 1 amide bonds. The predicted octanol–water partition coefficient (Wildman–Crippen LogP) is 5.06. The van der Waals surface area contributed by atoms with Crippen molar-refractivity contribution in [2.45, 2.75) is 68.5 Å². The van der Waals surface area contributed by atoms with Gasteiger partial charge in [-0.15, -0.1) is 0 Å². The van der Waals surface area contributed by atoms with Crippen molar-refractivity contribution in [1.29, 1.82) is 0 Å². The minimum Gasteiger partial charge on any atom is -0.479 e. The lowest BCUT2D eigenvalue weighted by molar-refractivity contribution is -0.308. The first-order chi connectivity index (χ1) is 19.4. The molecule has 1 unspecified atom stereocenters. The minimum atomic E-state index is -5.84. The second-order valence-corrected chi connectivity index (χ2v) is 10.6. The van der Waals surface area contributed by atoms with Gasteiger partial charge in [-0.1, -0.05) is 6.07 Å². The molecule has 0 saturated carbocycles. The standard InChI is InChI=1S/C25H28F9N3O5/c26-23(27,28)16-3-2-15(17(12-16)36-10-11-41-18(14-36)19(38)39)13-37-7-1-4-22(37)5-8-35(9-6-22)21(40)42-20(24(29,30)31)25(32,33)34/h2-3,12,18,20H,1,4-11,13-14H2,(H,38,39). The average molecular weight is 621 g/mol. The monoisotopic (exact) mass is 621 g/mol. The fraction of sp³-hybridized carbons (Fsp3) is 0.680. The number of carbonyl (C=O) groups excluding carboxylic acids is 1. The van der Waals surface area contributed by atoms with Crippen molar-refractivity contribution in [2.75, 3.05) is 44.2 Å². The molecule has 3 saturated heterocycles. The Morgan fingerprint density at radius 3 is 2.19 bits per heavy atom. The molecule has 42 heavy (non-hydrogen) atoms. The molecule has 1 aromatic rings. The van der Waals surface area contributed by atoms with Crippen molar-refractivity contribution in [3.63, 3.8) is 0 Å². The molecule has 17 heteroatoms. The number of rotatable bonds is 5. The molecule has 3 aliphatic rings. The summed E-state index contributed by atoms with van der Waals surface area (Å²) in [5.41, 5.74) is -0.847. The first-order valence-corrected chi connectivity index (χ1v) is 13.0.